The number of nitrogens with zero attached hydrogens (tertiary/aromatic N) is 1. The van der Waals surface area contributed by atoms with E-state index in [4.69, 9.17) is 4.74 Å². The molecule has 1 aromatic rings. The summed E-state index contributed by atoms with van der Waals surface area (Å²) in [5.41, 5.74) is 0. The second-order valence-corrected chi connectivity index (χ2v) is 5.96. The molecule has 1 N–H and O–H groups in total. The molecule has 6 heteroatoms. The number of hydrogen-bond donors (Lipinski definition) is 1. The van der Waals surface area contributed by atoms with Crippen molar-refractivity contribution in [1.82, 2.24) is 10.2 Å². The first-order valence-electron chi connectivity index (χ1n) is 6.72. The number of likely N-dealkylation sites (tertiary alicyclic amines) is 1. The molecular weight excluding hydrogens is 276 g/mol. The summed E-state index contributed by atoms with van der Waals surface area (Å²) in [6.45, 7) is 3.51. The highest BCUT2D eigenvalue weighted by Crippen LogP contribution is 2.21. The van der Waals surface area contributed by atoms with Gasteiger partial charge in [-0.1, -0.05) is 6.07 Å². The van der Waals surface area contributed by atoms with Crippen LogP contribution < -0.4 is 5.32 Å². The minimum absolute atomic E-state index is 0.00868. The SMILES string of the molecule is COCCN1C[C@H](C(=O)N[C@@H](C)c2cccs2)CC1=O. The Morgan fingerprint density at radius 3 is 3.10 bits per heavy atom. The maximum Gasteiger partial charge on any atom is 0.225 e. The van der Waals surface area contributed by atoms with Crippen LogP contribution in [0, 0.1) is 5.92 Å². The molecular formula is C14H20N2O3S. The lowest BCUT2D eigenvalue weighted by atomic mass is 10.1. The fourth-order valence-electron chi connectivity index (χ4n) is 2.31. The topological polar surface area (TPSA) is 58.6 Å². The zero-order valence-electron chi connectivity index (χ0n) is 11.8. The van der Waals surface area contributed by atoms with Crippen LogP contribution in [0.2, 0.25) is 0 Å². The van der Waals surface area contributed by atoms with Crippen LogP contribution in [0.3, 0.4) is 0 Å². The average Bonchev–Trinajstić information content (AvgIpc) is 3.06. The van der Waals surface area contributed by atoms with E-state index >= 15 is 0 Å². The number of thiophene rings is 1. The van der Waals surface area contributed by atoms with Crippen LogP contribution in [0.15, 0.2) is 17.5 Å². The molecule has 0 unspecified atom stereocenters. The van der Waals surface area contributed by atoms with Crippen molar-refractivity contribution >= 4 is 23.2 Å². The minimum atomic E-state index is -0.248. The Bertz CT molecular complexity index is 461. The zero-order chi connectivity index (χ0) is 14.5. The molecule has 1 saturated heterocycles. The predicted molar refractivity (Wildman–Crippen MR) is 77.4 cm³/mol. The molecule has 0 spiro atoms. The number of nitrogens with one attached hydrogen (secondary N) is 1. The number of methoxy groups -OCH3 is 1. The van der Waals surface area contributed by atoms with Gasteiger partial charge in [-0.2, -0.15) is 0 Å². The molecule has 1 aromatic heterocycles. The number of ether oxygens (including phenoxy) is 1. The Morgan fingerprint density at radius 2 is 2.45 bits per heavy atom. The Morgan fingerprint density at radius 1 is 1.65 bits per heavy atom. The first kappa shape index (κ1) is 15.0. The van der Waals surface area contributed by atoms with E-state index in [1.54, 1.807) is 23.3 Å². The smallest absolute Gasteiger partial charge is 0.225 e. The lowest BCUT2D eigenvalue weighted by Gasteiger charge is -2.17. The average molecular weight is 296 g/mol. The summed E-state index contributed by atoms with van der Waals surface area (Å²) in [5, 5.41) is 4.97. The number of rotatable bonds is 6. The van der Waals surface area contributed by atoms with Crippen LogP contribution in [0.1, 0.15) is 24.3 Å². The second-order valence-electron chi connectivity index (χ2n) is 4.98. The monoisotopic (exact) mass is 296 g/mol. The number of amides is 2. The van der Waals surface area contributed by atoms with Gasteiger partial charge in [-0.25, -0.2) is 0 Å². The summed E-state index contributed by atoms with van der Waals surface area (Å²) in [4.78, 5) is 26.8. The van der Waals surface area contributed by atoms with Crippen LogP contribution in [-0.4, -0.2) is 43.5 Å². The first-order chi connectivity index (χ1) is 9.61. The van der Waals surface area contributed by atoms with Crippen LogP contribution in [-0.2, 0) is 14.3 Å². The summed E-state index contributed by atoms with van der Waals surface area (Å²) >= 11 is 1.62. The van der Waals surface area contributed by atoms with Crippen molar-refractivity contribution in [2.45, 2.75) is 19.4 Å². The third-order valence-corrected chi connectivity index (χ3v) is 4.53. The summed E-state index contributed by atoms with van der Waals surface area (Å²) in [5.74, 6) is -0.257. The third-order valence-electron chi connectivity index (χ3n) is 3.48. The molecule has 2 heterocycles. The van der Waals surface area contributed by atoms with E-state index in [9.17, 15) is 9.59 Å². The summed E-state index contributed by atoms with van der Waals surface area (Å²) < 4.78 is 4.97. The molecule has 1 aliphatic rings. The number of carbonyl (C=O) groups excluding carboxylic acids is 2. The zero-order valence-corrected chi connectivity index (χ0v) is 12.6. The molecule has 0 aromatic carbocycles. The van der Waals surface area contributed by atoms with Gasteiger partial charge in [0.05, 0.1) is 18.6 Å². The Hall–Kier alpha value is -1.40. The van der Waals surface area contributed by atoms with E-state index < -0.39 is 0 Å². The Balaban J connectivity index is 1.86. The highest BCUT2D eigenvalue weighted by Gasteiger charge is 2.34. The third kappa shape index (κ3) is 3.58. The molecule has 2 amide bonds. The minimum Gasteiger partial charge on any atom is -0.383 e. The molecule has 0 saturated carbocycles. The van der Waals surface area contributed by atoms with Crippen molar-refractivity contribution in [1.29, 1.82) is 0 Å². The van der Waals surface area contributed by atoms with Crippen molar-refractivity contribution in [3.8, 4) is 0 Å². The fourth-order valence-corrected chi connectivity index (χ4v) is 3.04. The van der Waals surface area contributed by atoms with Gasteiger partial charge in [-0.15, -0.1) is 11.3 Å². The van der Waals surface area contributed by atoms with Gasteiger partial charge < -0.3 is 15.0 Å². The molecule has 5 nitrogen and oxygen atoms in total. The van der Waals surface area contributed by atoms with Gasteiger partial charge in [0.2, 0.25) is 11.8 Å². The number of carbonyl (C=O) groups is 2. The predicted octanol–water partition coefficient (Wildman–Crippen LogP) is 1.42. The lowest BCUT2D eigenvalue weighted by molar-refractivity contribution is -0.129. The van der Waals surface area contributed by atoms with Crippen LogP contribution in [0.4, 0.5) is 0 Å². The molecule has 2 atom stereocenters. The van der Waals surface area contributed by atoms with Crippen LogP contribution in [0.25, 0.3) is 0 Å². The van der Waals surface area contributed by atoms with E-state index in [0.29, 0.717) is 26.1 Å². The molecule has 1 aliphatic heterocycles. The van der Waals surface area contributed by atoms with Crippen molar-refractivity contribution < 1.29 is 14.3 Å². The van der Waals surface area contributed by atoms with Crippen LogP contribution in [0.5, 0.6) is 0 Å². The lowest BCUT2D eigenvalue weighted by Crippen LogP contribution is -2.35. The van der Waals surface area contributed by atoms with E-state index in [0.717, 1.165) is 4.88 Å². The molecule has 0 bridgehead atoms. The molecule has 0 radical (unpaired) electrons. The normalized spacial score (nSPS) is 20.2. The molecule has 1 fully saturated rings. The maximum atomic E-state index is 12.2. The van der Waals surface area contributed by atoms with Gasteiger partial charge in [0.1, 0.15) is 0 Å². The highest BCUT2D eigenvalue weighted by atomic mass is 32.1. The number of hydrogen-bond acceptors (Lipinski definition) is 4. The van der Waals surface area contributed by atoms with Gasteiger partial charge in [-0.3, -0.25) is 9.59 Å². The van der Waals surface area contributed by atoms with Crippen LogP contribution >= 0.6 is 11.3 Å². The highest BCUT2D eigenvalue weighted by molar-refractivity contribution is 7.10. The van der Waals surface area contributed by atoms with Crippen molar-refractivity contribution in [3.63, 3.8) is 0 Å². The first-order valence-corrected chi connectivity index (χ1v) is 7.60. The van der Waals surface area contributed by atoms with Crippen molar-refractivity contribution in [2.75, 3.05) is 26.8 Å². The van der Waals surface area contributed by atoms with E-state index in [-0.39, 0.29) is 23.8 Å². The summed E-state index contributed by atoms with van der Waals surface area (Å²) in [6, 6.07) is 3.96. The maximum absolute atomic E-state index is 12.2. The summed E-state index contributed by atoms with van der Waals surface area (Å²) in [7, 11) is 1.60. The molecule has 2 rings (SSSR count). The summed E-state index contributed by atoms with van der Waals surface area (Å²) in [6.07, 6.45) is 0.298. The second kappa shape index (κ2) is 6.85. The molecule has 110 valence electrons. The van der Waals surface area contributed by atoms with Gasteiger partial charge >= 0.3 is 0 Å². The van der Waals surface area contributed by atoms with Gasteiger partial charge in [0.15, 0.2) is 0 Å². The molecule has 20 heavy (non-hydrogen) atoms. The van der Waals surface area contributed by atoms with Gasteiger partial charge in [0, 0.05) is 31.5 Å². The van der Waals surface area contributed by atoms with E-state index in [1.165, 1.54) is 0 Å². The standard InChI is InChI=1S/C14H20N2O3S/c1-10(12-4-3-7-20-12)15-14(18)11-8-13(17)16(9-11)5-6-19-2/h3-4,7,10-11H,5-6,8-9H2,1-2H3,(H,15,18)/t10-,11+/m0/s1. The van der Waals surface area contributed by atoms with Gasteiger partial charge in [-0.05, 0) is 18.4 Å². The Labute approximate surface area is 122 Å². The van der Waals surface area contributed by atoms with E-state index in [1.807, 2.05) is 24.4 Å². The van der Waals surface area contributed by atoms with Gasteiger partial charge in [0.25, 0.3) is 0 Å². The Kier molecular flexibility index (Phi) is 5.14. The molecule has 0 aliphatic carbocycles. The van der Waals surface area contributed by atoms with Crippen molar-refractivity contribution in [2.24, 2.45) is 5.92 Å². The fraction of sp³-hybridized carbons (Fsp3) is 0.571. The quantitative estimate of drug-likeness (QED) is 0.864. The largest absolute Gasteiger partial charge is 0.383 e. The van der Waals surface area contributed by atoms with E-state index in [2.05, 4.69) is 5.32 Å². The van der Waals surface area contributed by atoms with Crippen molar-refractivity contribution in [3.05, 3.63) is 22.4 Å².